The van der Waals surface area contributed by atoms with Gasteiger partial charge in [0.2, 0.25) is 0 Å². The standard InChI is InChI=1S/C16H14FNO/c1-3-6-12(7-4-2)16-15(11-19-18-16)13-8-5-9-14(17)10-13/h3-11H,1H2,2H3/b7-4-,12-6+. The molecule has 1 heterocycles. The summed E-state index contributed by atoms with van der Waals surface area (Å²) in [4.78, 5) is 0. The fourth-order valence-corrected chi connectivity index (χ4v) is 1.83. The molecule has 19 heavy (non-hydrogen) atoms. The highest BCUT2D eigenvalue weighted by Crippen LogP contribution is 2.29. The molecule has 0 amide bonds. The maximum atomic E-state index is 13.3. The molecule has 1 aromatic carbocycles. The number of aromatic nitrogens is 1. The molecule has 96 valence electrons. The number of nitrogens with zero attached hydrogens (tertiary/aromatic N) is 1. The smallest absolute Gasteiger partial charge is 0.132 e. The van der Waals surface area contributed by atoms with Crippen molar-refractivity contribution in [1.29, 1.82) is 0 Å². The third-order valence-electron chi connectivity index (χ3n) is 2.62. The Morgan fingerprint density at radius 2 is 2.26 bits per heavy atom. The van der Waals surface area contributed by atoms with Crippen molar-refractivity contribution in [2.24, 2.45) is 0 Å². The monoisotopic (exact) mass is 255 g/mol. The predicted molar refractivity (Wildman–Crippen MR) is 74.9 cm³/mol. The highest BCUT2D eigenvalue weighted by atomic mass is 19.1. The van der Waals surface area contributed by atoms with Crippen molar-refractivity contribution >= 4 is 5.57 Å². The minimum Gasteiger partial charge on any atom is -0.363 e. The van der Waals surface area contributed by atoms with Crippen molar-refractivity contribution in [1.82, 2.24) is 5.16 Å². The van der Waals surface area contributed by atoms with Crippen LogP contribution in [0.1, 0.15) is 12.6 Å². The lowest BCUT2D eigenvalue weighted by atomic mass is 10.0. The Bertz CT molecular complexity index is 638. The number of benzene rings is 1. The van der Waals surface area contributed by atoms with Crippen LogP contribution in [0.3, 0.4) is 0 Å². The van der Waals surface area contributed by atoms with Crippen molar-refractivity contribution in [2.75, 3.05) is 0 Å². The van der Waals surface area contributed by atoms with Crippen LogP contribution in [-0.4, -0.2) is 5.16 Å². The normalized spacial score (nSPS) is 12.0. The molecule has 1 aromatic heterocycles. The van der Waals surface area contributed by atoms with Crippen molar-refractivity contribution < 1.29 is 8.91 Å². The first kappa shape index (κ1) is 13.0. The predicted octanol–water partition coefficient (Wildman–Crippen LogP) is 4.63. The summed E-state index contributed by atoms with van der Waals surface area (Å²) in [6, 6.07) is 6.34. The summed E-state index contributed by atoms with van der Waals surface area (Å²) in [5, 5.41) is 4.00. The Morgan fingerprint density at radius 3 is 2.95 bits per heavy atom. The Kier molecular flexibility index (Phi) is 4.08. The van der Waals surface area contributed by atoms with Crippen LogP contribution in [-0.2, 0) is 0 Å². The summed E-state index contributed by atoms with van der Waals surface area (Å²) in [7, 11) is 0. The third-order valence-corrected chi connectivity index (χ3v) is 2.62. The molecule has 0 N–H and O–H groups in total. The lowest BCUT2D eigenvalue weighted by Gasteiger charge is -2.02. The van der Waals surface area contributed by atoms with Crippen molar-refractivity contribution in [2.45, 2.75) is 6.92 Å². The Balaban J connectivity index is 2.53. The quantitative estimate of drug-likeness (QED) is 0.745. The van der Waals surface area contributed by atoms with Gasteiger partial charge >= 0.3 is 0 Å². The minimum atomic E-state index is -0.287. The van der Waals surface area contributed by atoms with E-state index < -0.39 is 0 Å². The Labute approximate surface area is 111 Å². The Hall–Kier alpha value is -2.42. The summed E-state index contributed by atoms with van der Waals surface area (Å²) in [5.41, 5.74) is 3.02. The molecule has 3 heteroatoms. The van der Waals surface area contributed by atoms with Gasteiger partial charge in [0.25, 0.3) is 0 Å². The van der Waals surface area contributed by atoms with E-state index in [0.29, 0.717) is 5.69 Å². The lowest BCUT2D eigenvalue weighted by molar-refractivity contribution is 0.418. The number of hydrogen-bond donors (Lipinski definition) is 0. The maximum absolute atomic E-state index is 13.3. The first-order chi connectivity index (χ1) is 9.26. The van der Waals surface area contributed by atoms with Gasteiger partial charge in [-0.05, 0) is 24.6 Å². The van der Waals surface area contributed by atoms with Crippen molar-refractivity contribution in [3.05, 3.63) is 72.9 Å². The molecular weight excluding hydrogens is 241 g/mol. The van der Waals surface area contributed by atoms with Gasteiger partial charge < -0.3 is 4.52 Å². The van der Waals surface area contributed by atoms with Crippen LogP contribution in [0, 0.1) is 5.82 Å². The molecule has 0 saturated carbocycles. The molecule has 0 spiro atoms. The van der Waals surface area contributed by atoms with Crippen LogP contribution in [0.2, 0.25) is 0 Å². The van der Waals surface area contributed by atoms with E-state index in [0.717, 1.165) is 16.7 Å². The fraction of sp³-hybridized carbons (Fsp3) is 0.0625. The number of rotatable bonds is 4. The van der Waals surface area contributed by atoms with Crippen LogP contribution in [0.4, 0.5) is 4.39 Å². The van der Waals surface area contributed by atoms with E-state index in [1.54, 1.807) is 12.1 Å². The summed E-state index contributed by atoms with van der Waals surface area (Å²) >= 11 is 0. The molecular formula is C16H14FNO. The van der Waals surface area contributed by atoms with Crippen LogP contribution >= 0.6 is 0 Å². The van der Waals surface area contributed by atoms with Crippen LogP contribution in [0.15, 0.2) is 65.9 Å². The van der Waals surface area contributed by atoms with Crippen molar-refractivity contribution in [3.8, 4) is 11.1 Å². The highest BCUT2D eigenvalue weighted by molar-refractivity contribution is 5.83. The van der Waals surface area contributed by atoms with Crippen LogP contribution in [0.25, 0.3) is 16.7 Å². The molecule has 0 saturated heterocycles. The topological polar surface area (TPSA) is 26.0 Å². The summed E-state index contributed by atoms with van der Waals surface area (Å²) in [6.45, 7) is 5.60. The van der Waals surface area contributed by atoms with Gasteiger partial charge in [0, 0.05) is 11.1 Å². The van der Waals surface area contributed by atoms with E-state index in [2.05, 4.69) is 11.7 Å². The van der Waals surface area contributed by atoms with E-state index in [4.69, 9.17) is 4.52 Å². The molecule has 0 aliphatic heterocycles. The summed E-state index contributed by atoms with van der Waals surface area (Å²) < 4.78 is 18.3. The first-order valence-corrected chi connectivity index (χ1v) is 5.92. The molecule has 2 rings (SSSR count). The molecule has 0 fully saturated rings. The summed E-state index contributed by atoms with van der Waals surface area (Å²) in [6.07, 6.45) is 8.84. The van der Waals surface area contributed by atoms with Gasteiger partial charge in [0.15, 0.2) is 0 Å². The minimum absolute atomic E-state index is 0.287. The molecule has 2 aromatic rings. The fourth-order valence-electron chi connectivity index (χ4n) is 1.83. The van der Waals surface area contributed by atoms with Gasteiger partial charge in [0.05, 0.1) is 0 Å². The highest BCUT2D eigenvalue weighted by Gasteiger charge is 2.12. The van der Waals surface area contributed by atoms with E-state index in [-0.39, 0.29) is 5.82 Å². The average molecular weight is 255 g/mol. The van der Waals surface area contributed by atoms with Crippen LogP contribution < -0.4 is 0 Å². The Morgan fingerprint density at radius 1 is 1.42 bits per heavy atom. The van der Waals surface area contributed by atoms with E-state index in [1.165, 1.54) is 18.4 Å². The average Bonchev–Trinajstić information content (AvgIpc) is 2.87. The number of halogens is 1. The number of hydrogen-bond acceptors (Lipinski definition) is 2. The zero-order valence-electron chi connectivity index (χ0n) is 10.6. The maximum Gasteiger partial charge on any atom is 0.132 e. The molecule has 0 bridgehead atoms. The van der Waals surface area contributed by atoms with Gasteiger partial charge in [-0.2, -0.15) is 0 Å². The second-order valence-corrected chi connectivity index (χ2v) is 3.94. The molecule has 0 aliphatic rings. The third kappa shape index (κ3) is 2.88. The lowest BCUT2D eigenvalue weighted by Crippen LogP contribution is -1.86. The van der Waals surface area contributed by atoms with Crippen LogP contribution in [0.5, 0.6) is 0 Å². The zero-order valence-corrected chi connectivity index (χ0v) is 10.6. The second kappa shape index (κ2) is 5.96. The van der Waals surface area contributed by atoms with Crippen molar-refractivity contribution in [3.63, 3.8) is 0 Å². The number of allylic oxidation sites excluding steroid dienone is 5. The second-order valence-electron chi connectivity index (χ2n) is 3.94. The SMILES string of the molecule is C=C/C=C(\C=C/C)c1nocc1-c1cccc(F)c1. The molecule has 0 unspecified atom stereocenters. The van der Waals surface area contributed by atoms with Gasteiger partial charge in [0.1, 0.15) is 17.8 Å². The van der Waals surface area contributed by atoms with Gasteiger partial charge in [-0.1, -0.05) is 48.2 Å². The van der Waals surface area contributed by atoms with Gasteiger partial charge in [-0.3, -0.25) is 0 Å². The molecule has 0 atom stereocenters. The molecule has 0 aliphatic carbocycles. The van der Waals surface area contributed by atoms with Gasteiger partial charge in [-0.15, -0.1) is 0 Å². The van der Waals surface area contributed by atoms with Gasteiger partial charge in [-0.25, -0.2) is 4.39 Å². The zero-order chi connectivity index (χ0) is 13.7. The largest absolute Gasteiger partial charge is 0.363 e. The van der Waals surface area contributed by atoms with E-state index in [1.807, 2.05) is 31.2 Å². The first-order valence-electron chi connectivity index (χ1n) is 5.92. The van der Waals surface area contributed by atoms with E-state index >= 15 is 0 Å². The molecule has 0 radical (unpaired) electrons. The van der Waals surface area contributed by atoms with E-state index in [9.17, 15) is 4.39 Å². The summed E-state index contributed by atoms with van der Waals surface area (Å²) in [5.74, 6) is -0.287. The molecule has 2 nitrogen and oxygen atoms in total.